The summed E-state index contributed by atoms with van der Waals surface area (Å²) < 4.78 is 33.8. The molecule has 1 aliphatic rings. The molecule has 0 atom stereocenters. The maximum Gasteiger partial charge on any atom is 0.277 e. The van der Waals surface area contributed by atoms with E-state index in [1.165, 1.54) is 0 Å². The molecule has 9 heteroatoms. The van der Waals surface area contributed by atoms with Gasteiger partial charge in [0, 0.05) is 5.56 Å². The fourth-order valence-corrected chi connectivity index (χ4v) is 3.58. The molecular weight excluding hydrogens is 476 g/mol. The number of hydrogen-bond donors (Lipinski definition) is 1. The summed E-state index contributed by atoms with van der Waals surface area (Å²) in [6, 6.07) is 19.2. The third kappa shape index (κ3) is 8.45. The average molecular weight is 509 g/mol. The van der Waals surface area contributed by atoms with Gasteiger partial charge in [-0.25, -0.2) is 5.43 Å². The van der Waals surface area contributed by atoms with Gasteiger partial charge < -0.3 is 28.4 Å². The first kappa shape index (κ1) is 26.4. The number of hydrazone groups is 1. The molecule has 0 bridgehead atoms. The third-order valence-electron chi connectivity index (χ3n) is 5.52. The molecule has 4 rings (SSSR count). The molecule has 0 saturated heterocycles. The Balaban J connectivity index is 1.33. The summed E-state index contributed by atoms with van der Waals surface area (Å²) in [5.74, 6) is 1.42. The van der Waals surface area contributed by atoms with Crippen LogP contribution in [-0.4, -0.2) is 71.1 Å². The number of ether oxygens (including phenoxy) is 6. The van der Waals surface area contributed by atoms with Crippen molar-refractivity contribution in [3.05, 3.63) is 66.2 Å². The number of amides is 1. The van der Waals surface area contributed by atoms with Crippen molar-refractivity contribution < 1.29 is 33.2 Å². The Hall–Kier alpha value is -3.66. The molecule has 1 heterocycles. The van der Waals surface area contributed by atoms with E-state index < -0.39 is 0 Å². The predicted molar refractivity (Wildman–Crippen MR) is 140 cm³/mol. The van der Waals surface area contributed by atoms with E-state index in [1.54, 1.807) is 6.92 Å². The van der Waals surface area contributed by atoms with Crippen LogP contribution in [0, 0.1) is 0 Å². The molecule has 0 spiro atoms. The molecule has 3 aromatic carbocycles. The molecule has 9 nitrogen and oxygen atoms in total. The van der Waals surface area contributed by atoms with Crippen molar-refractivity contribution in [1.82, 2.24) is 5.43 Å². The molecule has 0 unspecified atom stereocenters. The highest BCUT2D eigenvalue weighted by Gasteiger charge is 2.10. The number of hydrogen-bond acceptors (Lipinski definition) is 8. The zero-order valence-corrected chi connectivity index (χ0v) is 20.9. The van der Waals surface area contributed by atoms with E-state index in [1.807, 2.05) is 60.7 Å². The molecule has 37 heavy (non-hydrogen) atoms. The number of nitrogens with one attached hydrogen (secondary N) is 1. The van der Waals surface area contributed by atoms with Crippen LogP contribution in [0.2, 0.25) is 0 Å². The summed E-state index contributed by atoms with van der Waals surface area (Å²) in [7, 11) is 0. The first-order valence-corrected chi connectivity index (χ1v) is 12.3. The lowest BCUT2D eigenvalue weighted by atomic mass is 10.1. The quantitative estimate of drug-likeness (QED) is 0.416. The van der Waals surface area contributed by atoms with Crippen molar-refractivity contribution in [3.63, 3.8) is 0 Å². The highest BCUT2D eigenvalue weighted by Crippen LogP contribution is 2.29. The Labute approximate surface area is 216 Å². The van der Waals surface area contributed by atoms with Gasteiger partial charge in [-0.3, -0.25) is 4.79 Å². The van der Waals surface area contributed by atoms with E-state index >= 15 is 0 Å². The maximum atomic E-state index is 12.3. The van der Waals surface area contributed by atoms with E-state index in [-0.39, 0.29) is 12.5 Å². The Morgan fingerprint density at radius 2 is 1.43 bits per heavy atom. The second kappa shape index (κ2) is 14.2. The lowest BCUT2D eigenvalue weighted by molar-refractivity contribution is -0.123. The van der Waals surface area contributed by atoms with Crippen molar-refractivity contribution >= 4 is 22.4 Å². The summed E-state index contributed by atoms with van der Waals surface area (Å²) >= 11 is 0. The van der Waals surface area contributed by atoms with Crippen molar-refractivity contribution in [2.45, 2.75) is 6.92 Å². The summed E-state index contributed by atoms with van der Waals surface area (Å²) in [5, 5.41) is 6.38. The van der Waals surface area contributed by atoms with Gasteiger partial charge in [0.25, 0.3) is 5.91 Å². The van der Waals surface area contributed by atoms with Crippen LogP contribution in [0.3, 0.4) is 0 Å². The van der Waals surface area contributed by atoms with Crippen LogP contribution in [0.25, 0.3) is 10.8 Å². The molecule has 3 aromatic rings. The summed E-state index contributed by atoms with van der Waals surface area (Å²) in [5.41, 5.74) is 3.94. The van der Waals surface area contributed by atoms with E-state index in [0.717, 1.165) is 16.3 Å². The minimum Gasteiger partial charge on any atom is -0.487 e. The highest BCUT2D eigenvalue weighted by molar-refractivity contribution is 5.99. The third-order valence-corrected chi connectivity index (χ3v) is 5.52. The molecule has 1 N–H and O–H groups in total. The average Bonchev–Trinajstić information content (AvgIpc) is 2.94. The summed E-state index contributed by atoms with van der Waals surface area (Å²) in [4.78, 5) is 12.3. The van der Waals surface area contributed by atoms with Gasteiger partial charge in [0.1, 0.15) is 19.0 Å². The number of carbonyl (C=O) groups is 1. The van der Waals surface area contributed by atoms with Crippen molar-refractivity contribution in [1.29, 1.82) is 0 Å². The van der Waals surface area contributed by atoms with Crippen molar-refractivity contribution in [3.8, 4) is 17.2 Å². The largest absolute Gasteiger partial charge is 0.487 e. The van der Waals surface area contributed by atoms with E-state index in [0.29, 0.717) is 75.8 Å². The van der Waals surface area contributed by atoms with Crippen LogP contribution < -0.4 is 19.6 Å². The fraction of sp³-hybridized carbons (Fsp3) is 0.357. The smallest absolute Gasteiger partial charge is 0.277 e. The Morgan fingerprint density at radius 1 is 0.784 bits per heavy atom. The SMILES string of the molecule is C/C(=N\NC(=O)COc1ccc2ccccc2c1)c1ccc2c(c1)OCCOCCOCCOCCO2. The number of carbonyl (C=O) groups excluding carboxylic acids is 1. The van der Waals surface area contributed by atoms with Crippen LogP contribution in [0.15, 0.2) is 65.8 Å². The molecular formula is C28H32N2O7. The first-order chi connectivity index (χ1) is 18.2. The van der Waals surface area contributed by atoms with Crippen LogP contribution >= 0.6 is 0 Å². The Morgan fingerprint density at radius 3 is 2.16 bits per heavy atom. The molecule has 1 amide bonds. The molecule has 0 aliphatic carbocycles. The molecule has 196 valence electrons. The van der Waals surface area contributed by atoms with Gasteiger partial charge in [0.2, 0.25) is 0 Å². The van der Waals surface area contributed by atoms with Crippen LogP contribution in [0.4, 0.5) is 0 Å². The monoisotopic (exact) mass is 508 g/mol. The zero-order chi connectivity index (χ0) is 25.7. The molecule has 0 radical (unpaired) electrons. The van der Waals surface area contributed by atoms with Crippen LogP contribution in [-0.2, 0) is 19.0 Å². The second-order valence-electron chi connectivity index (χ2n) is 8.23. The topological polar surface area (TPSA) is 96.8 Å². The van der Waals surface area contributed by atoms with Gasteiger partial charge >= 0.3 is 0 Å². The lowest BCUT2D eigenvalue weighted by Gasteiger charge is -2.14. The van der Waals surface area contributed by atoms with Gasteiger partial charge in [-0.15, -0.1) is 0 Å². The van der Waals surface area contributed by atoms with E-state index in [2.05, 4.69) is 10.5 Å². The number of benzene rings is 3. The fourth-order valence-electron chi connectivity index (χ4n) is 3.58. The zero-order valence-electron chi connectivity index (χ0n) is 20.9. The van der Waals surface area contributed by atoms with Crippen LogP contribution in [0.5, 0.6) is 17.2 Å². The normalized spacial score (nSPS) is 15.9. The Kier molecular flexibility index (Phi) is 10.1. The maximum absolute atomic E-state index is 12.3. The first-order valence-electron chi connectivity index (χ1n) is 12.3. The minimum absolute atomic E-state index is 0.149. The van der Waals surface area contributed by atoms with Gasteiger partial charge in [-0.1, -0.05) is 30.3 Å². The molecule has 0 fully saturated rings. The number of fused-ring (bicyclic) bond motifs is 2. The number of nitrogens with zero attached hydrogens (tertiary/aromatic N) is 1. The van der Waals surface area contributed by atoms with Crippen molar-refractivity contribution in [2.24, 2.45) is 5.10 Å². The van der Waals surface area contributed by atoms with Gasteiger partial charge in [0.15, 0.2) is 18.1 Å². The van der Waals surface area contributed by atoms with E-state index in [9.17, 15) is 4.79 Å². The standard InChI is InChI=1S/C28H32N2O7/c1-21(29-30-28(31)20-37-25-8-6-22-4-2-3-5-24(22)18-25)23-7-9-26-27(19-23)36-17-15-34-13-11-32-10-12-33-14-16-35-26/h2-9,18-19H,10-17,20H2,1H3,(H,30,31)/b29-21+. The van der Waals surface area contributed by atoms with E-state index in [4.69, 9.17) is 28.4 Å². The lowest BCUT2D eigenvalue weighted by Crippen LogP contribution is -2.25. The van der Waals surface area contributed by atoms with Crippen molar-refractivity contribution in [2.75, 3.05) is 59.5 Å². The van der Waals surface area contributed by atoms with Gasteiger partial charge in [0.05, 0.1) is 45.4 Å². The van der Waals surface area contributed by atoms with Gasteiger partial charge in [-0.2, -0.15) is 5.10 Å². The summed E-state index contributed by atoms with van der Waals surface area (Å²) in [6.07, 6.45) is 0. The molecule has 0 aromatic heterocycles. The van der Waals surface area contributed by atoms with Crippen LogP contribution in [0.1, 0.15) is 12.5 Å². The minimum atomic E-state index is -0.359. The Bertz CT molecular complexity index is 1200. The summed E-state index contributed by atoms with van der Waals surface area (Å²) in [6.45, 7) is 5.27. The second-order valence-corrected chi connectivity index (χ2v) is 8.23. The predicted octanol–water partition coefficient (Wildman–Crippen LogP) is 3.58. The molecule has 0 saturated carbocycles. The number of rotatable bonds is 5. The molecule has 1 aliphatic heterocycles. The van der Waals surface area contributed by atoms with Gasteiger partial charge in [-0.05, 0) is 48.0 Å². The highest BCUT2D eigenvalue weighted by atomic mass is 16.6.